The SMILES string of the molecule is O=C(N1CCC(CCO)CC1)C1(c2ccc(Cl)cc2)CC1. The molecule has 2 fully saturated rings. The molecule has 0 bridgehead atoms. The van der Waals surface area contributed by atoms with Gasteiger partial charge >= 0.3 is 0 Å². The van der Waals surface area contributed by atoms with E-state index in [1.54, 1.807) is 0 Å². The fraction of sp³-hybridized carbons (Fsp3) is 0.588. The van der Waals surface area contributed by atoms with Gasteiger partial charge in [-0.1, -0.05) is 23.7 Å². The van der Waals surface area contributed by atoms with E-state index in [1.807, 2.05) is 29.2 Å². The number of aliphatic hydroxyl groups is 1. The maximum Gasteiger partial charge on any atom is 0.233 e. The third kappa shape index (κ3) is 2.95. The van der Waals surface area contributed by atoms with Crippen LogP contribution >= 0.6 is 11.6 Å². The Kier molecular flexibility index (Phi) is 4.23. The molecule has 0 radical (unpaired) electrons. The van der Waals surface area contributed by atoms with E-state index < -0.39 is 0 Å². The average molecular weight is 308 g/mol. The highest BCUT2D eigenvalue weighted by atomic mass is 35.5. The number of hydrogen-bond acceptors (Lipinski definition) is 2. The number of halogens is 1. The van der Waals surface area contributed by atoms with Gasteiger partial charge in [-0.3, -0.25) is 4.79 Å². The molecule has 0 atom stereocenters. The first-order valence-corrected chi connectivity index (χ1v) is 8.20. The third-order valence-corrected chi connectivity index (χ3v) is 5.25. The molecule has 1 N–H and O–H groups in total. The highest BCUT2D eigenvalue weighted by Gasteiger charge is 2.53. The van der Waals surface area contributed by atoms with E-state index in [0.29, 0.717) is 10.9 Å². The Labute approximate surface area is 130 Å². The van der Waals surface area contributed by atoms with E-state index >= 15 is 0 Å². The average Bonchev–Trinajstić information content (AvgIpc) is 3.30. The first-order chi connectivity index (χ1) is 10.2. The maximum absolute atomic E-state index is 12.9. The molecular weight excluding hydrogens is 286 g/mol. The molecule has 1 saturated carbocycles. The minimum atomic E-state index is -0.283. The molecule has 0 aromatic heterocycles. The quantitative estimate of drug-likeness (QED) is 0.929. The van der Waals surface area contributed by atoms with Crippen molar-refractivity contribution in [3.63, 3.8) is 0 Å². The summed E-state index contributed by atoms with van der Waals surface area (Å²) in [5.74, 6) is 0.858. The zero-order chi connectivity index (χ0) is 14.9. The molecular formula is C17H22ClNO2. The van der Waals surface area contributed by atoms with Gasteiger partial charge in [-0.25, -0.2) is 0 Å². The minimum absolute atomic E-state index is 0.257. The predicted octanol–water partition coefficient (Wildman–Crippen LogP) is 2.99. The van der Waals surface area contributed by atoms with E-state index in [0.717, 1.165) is 50.8 Å². The molecule has 1 aromatic rings. The molecule has 0 spiro atoms. The van der Waals surface area contributed by atoms with E-state index in [2.05, 4.69) is 0 Å². The topological polar surface area (TPSA) is 40.5 Å². The van der Waals surface area contributed by atoms with Gasteiger partial charge < -0.3 is 10.0 Å². The van der Waals surface area contributed by atoms with E-state index in [1.165, 1.54) is 0 Å². The van der Waals surface area contributed by atoms with Crippen LogP contribution < -0.4 is 0 Å². The second-order valence-electron chi connectivity index (χ2n) is 6.34. The van der Waals surface area contributed by atoms with Crippen LogP contribution in [0.3, 0.4) is 0 Å². The van der Waals surface area contributed by atoms with Crippen molar-refractivity contribution in [1.82, 2.24) is 4.90 Å². The Morgan fingerprint density at radius 1 is 1.24 bits per heavy atom. The number of nitrogens with zero attached hydrogens (tertiary/aromatic N) is 1. The van der Waals surface area contributed by atoms with Crippen LogP contribution in [0.2, 0.25) is 5.02 Å². The smallest absolute Gasteiger partial charge is 0.233 e. The number of amides is 1. The van der Waals surface area contributed by atoms with E-state index in [-0.39, 0.29) is 17.9 Å². The van der Waals surface area contributed by atoms with Crippen molar-refractivity contribution >= 4 is 17.5 Å². The van der Waals surface area contributed by atoms with Crippen LogP contribution in [0.25, 0.3) is 0 Å². The van der Waals surface area contributed by atoms with Crippen LogP contribution in [0.1, 0.15) is 37.7 Å². The summed E-state index contributed by atoms with van der Waals surface area (Å²) >= 11 is 5.94. The summed E-state index contributed by atoms with van der Waals surface area (Å²) in [5.41, 5.74) is 0.823. The largest absolute Gasteiger partial charge is 0.396 e. The molecule has 1 aliphatic carbocycles. The lowest BCUT2D eigenvalue weighted by Gasteiger charge is -2.34. The number of carbonyl (C=O) groups is 1. The van der Waals surface area contributed by atoms with Crippen LogP contribution in [-0.2, 0) is 10.2 Å². The van der Waals surface area contributed by atoms with Gasteiger partial charge in [-0.15, -0.1) is 0 Å². The number of benzene rings is 1. The molecule has 114 valence electrons. The van der Waals surface area contributed by atoms with Gasteiger partial charge in [0.25, 0.3) is 0 Å². The lowest BCUT2D eigenvalue weighted by atomic mass is 9.90. The number of aliphatic hydroxyl groups excluding tert-OH is 1. The first-order valence-electron chi connectivity index (χ1n) is 7.82. The maximum atomic E-state index is 12.9. The molecule has 0 unspecified atom stereocenters. The van der Waals surface area contributed by atoms with Crippen molar-refractivity contribution in [2.45, 2.75) is 37.5 Å². The van der Waals surface area contributed by atoms with Crippen molar-refractivity contribution < 1.29 is 9.90 Å². The Balaban J connectivity index is 1.67. The van der Waals surface area contributed by atoms with Gasteiger partial charge in [0.2, 0.25) is 5.91 Å². The summed E-state index contributed by atoms with van der Waals surface area (Å²) in [5, 5.41) is 9.73. The zero-order valence-electron chi connectivity index (χ0n) is 12.2. The van der Waals surface area contributed by atoms with Crippen LogP contribution in [0.5, 0.6) is 0 Å². The number of hydrogen-bond donors (Lipinski definition) is 1. The van der Waals surface area contributed by atoms with Gasteiger partial charge in [-0.05, 0) is 55.7 Å². The Morgan fingerprint density at radius 2 is 1.86 bits per heavy atom. The predicted molar refractivity (Wildman–Crippen MR) is 83.4 cm³/mol. The van der Waals surface area contributed by atoms with Gasteiger partial charge in [0, 0.05) is 24.7 Å². The summed E-state index contributed by atoms with van der Waals surface area (Å²) in [6.45, 7) is 1.92. The van der Waals surface area contributed by atoms with E-state index in [9.17, 15) is 4.79 Å². The number of carbonyl (C=O) groups excluding carboxylic acids is 1. The van der Waals surface area contributed by atoms with Crippen molar-refractivity contribution in [2.75, 3.05) is 19.7 Å². The van der Waals surface area contributed by atoms with Crippen molar-refractivity contribution in [2.24, 2.45) is 5.92 Å². The summed E-state index contributed by atoms with van der Waals surface area (Å²) in [6.07, 6.45) is 4.80. The summed E-state index contributed by atoms with van der Waals surface area (Å²) < 4.78 is 0. The number of piperidine rings is 1. The van der Waals surface area contributed by atoms with Gasteiger partial charge in [0.05, 0.1) is 5.41 Å². The Hall–Kier alpha value is -1.06. The van der Waals surface area contributed by atoms with E-state index in [4.69, 9.17) is 16.7 Å². The highest BCUT2D eigenvalue weighted by molar-refractivity contribution is 6.30. The zero-order valence-corrected chi connectivity index (χ0v) is 13.0. The lowest BCUT2D eigenvalue weighted by Crippen LogP contribution is -2.44. The second kappa shape index (κ2) is 5.98. The summed E-state index contributed by atoms with van der Waals surface area (Å²) in [6, 6.07) is 7.73. The number of likely N-dealkylation sites (tertiary alicyclic amines) is 1. The van der Waals surface area contributed by atoms with Crippen LogP contribution in [-0.4, -0.2) is 35.6 Å². The molecule has 1 aliphatic heterocycles. The normalized spacial score (nSPS) is 21.3. The summed E-state index contributed by atoms with van der Waals surface area (Å²) in [7, 11) is 0. The molecule has 1 heterocycles. The molecule has 21 heavy (non-hydrogen) atoms. The van der Waals surface area contributed by atoms with Crippen molar-refractivity contribution in [3.8, 4) is 0 Å². The van der Waals surface area contributed by atoms with Crippen molar-refractivity contribution in [1.29, 1.82) is 0 Å². The molecule has 3 rings (SSSR count). The fourth-order valence-corrected chi connectivity index (χ4v) is 3.56. The lowest BCUT2D eigenvalue weighted by molar-refractivity contribution is -0.135. The second-order valence-corrected chi connectivity index (χ2v) is 6.77. The van der Waals surface area contributed by atoms with Crippen LogP contribution in [0, 0.1) is 5.92 Å². The van der Waals surface area contributed by atoms with Gasteiger partial charge in [-0.2, -0.15) is 0 Å². The standard InChI is InChI=1S/C17H22ClNO2/c18-15-3-1-14(2-4-15)17(8-9-17)16(21)19-10-5-13(6-11-19)7-12-20/h1-4,13,20H,5-12H2. The van der Waals surface area contributed by atoms with Crippen LogP contribution in [0.15, 0.2) is 24.3 Å². The molecule has 2 aliphatic rings. The molecule has 1 amide bonds. The van der Waals surface area contributed by atoms with Gasteiger partial charge in [0.1, 0.15) is 0 Å². The molecule has 1 saturated heterocycles. The van der Waals surface area contributed by atoms with Gasteiger partial charge in [0.15, 0.2) is 0 Å². The van der Waals surface area contributed by atoms with Crippen molar-refractivity contribution in [3.05, 3.63) is 34.9 Å². The summed E-state index contributed by atoms with van der Waals surface area (Å²) in [4.78, 5) is 14.9. The molecule has 3 nitrogen and oxygen atoms in total. The third-order valence-electron chi connectivity index (χ3n) is 5.00. The minimum Gasteiger partial charge on any atom is -0.396 e. The van der Waals surface area contributed by atoms with Crippen LogP contribution in [0.4, 0.5) is 0 Å². The highest BCUT2D eigenvalue weighted by Crippen LogP contribution is 2.50. The first kappa shape index (κ1) is 14.9. The number of rotatable bonds is 4. The monoisotopic (exact) mass is 307 g/mol. The molecule has 1 aromatic carbocycles. The molecule has 4 heteroatoms. The fourth-order valence-electron chi connectivity index (χ4n) is 3.43. The Bertz CT molecular complexity index is 502. The Morgan fingerprint density at radius 3 is 2.38 bits per heavy atom.